The van der Waals surface area contributed by atoms with Gasteiger partial charge in [0.1, 0.15) is 0 Å². The summed E-state index contributed by atoms with van der Waals surface area (Å²) in [4.78, 5) is 38.5. The molecule has 0 fully saturated rings. The Morgan fingerprint density at radius 3 is 1.82 bits per heavy atom. The molecule has 0 spiro atoms. The van der Waals surface area contributed by atoms with Crippen molar-refractivity contribution in [2.45, 2.75) is 30.9 Å². The van der Waals surface area contributed by atoms with Crippen LogP contribution in [0.2, 0.25) is 0 Å². The summed E-state index contributed by atoms with van der Waals surface area (Å²) in [6, 6.07) is 9.68. The number of aliphatic carboxylic acids is 2. The molecule has 0 amide bonds. The van der Waals surface area contributed by atoms with Crippen molar-refractivity contribution < 1.29 is 37.8 Å². The van der Waals surface area contributed by atoms with E-state index in [0.29, 0.717) is 4.47 Å². The van der Waals surface area contributed by atoms with Crippen molar-refractivity contribution in [3.63, 3.8) is 0 Å². The molecule has 0 aliphatic carbocycles. The van der Waals surface area contributed by atoms with Gasteiger partial charge in [-0.1, -0.05) is 58.4 Å². The molecule has 2 rings (SSSR count). The quantitative estimate of drug-likeness (QED) is 0.199. The van der Waals surface area contributed by atoms with E-state index < -0.39 is 46.7 Å². The number of hydrogen-bond donors (Lipinski definition) is 2. The lowest BCUT2D eigenvalue weighted by atomic mass is 9.54. The van der Waals surface area contributed by atoms with E-state index in [9.17, 15) is 37.8 Å². The van der Waals surface area contributed by atoms with Gasteiger partial charge in [-0.2, -0.15) is 13.2 Å². The number of carbonyl (C=O) groups is 3. The van der Waals surface area contributed by atoms with Crippen molar-refractivity contribution in [1.29, 1.82) is 0 Å². The van der Waals surface area contributed by atoms with Gasteiger partial charge in [-0.3, -0.25) is 14.4 Å². The molecule has 0 radical (unpaired) electrons. The number of carboxylic acids is 2. The first-order chi connectivity index (χ1) is 15.9. The molecule has 180 valence electrons. The normalized spacial score (nSPS) is 12.1. The van der Waals surface area contributed by atoms with E-state index in [1.54, 1.807) is 0 Å². The molecule has 0 saturated heterocycles. The maximum atomic E-state index is 13.5. The van der Waals surface area contributed by atoms with Crippen molar-refractivity contribution in [1.82, 2.24) is 0 Å². The molecule has 0 aromatic heterocycles. The number of carbonyl (C=O) groups excluding carboxylic acids is 1. The van der Waals surface area contributed by atoms with Crippen molar-refractivity contribution >= 4 is 33.7 Å². The predicted molar refractivity (Wildman–Crippen MR) is 124 cm³/mol. The summed E-state index contributed by atoms with van der Waals surface area (Å²) in [6.45, 7) is 7.14. The number of rotatable bonds is 11. The van der Waals surface area contributed by atoms with Gasteiger partial charge in [0, 0.05) is 21.9 Å². The Hall–Kier alpha value is -3.20. The van der Waals surface area contributed by atoms with Gasteiger partial charge in [0.2, 0.25) is 0 Å². The van der Waals surface area contributed by atoms with Gasteiger partial charge in [-0.25, -0.2) is 0 Å². The van der Waals surface area contributed by atoms with E-state index in [1.807, 2.05) is 0 Å². The molecular weight excluding hydrogens is 517 g/mol. The maximum absolute atomic E-state index is 13.5. The summed E-state index contributed by atoms with van der Waals surface area (Å²) in [7, 11) is 0. The predicted octanol–water partition coefficient (Wildman–Crippen LogP) is 6.29. The van der Waals surface area contributed by atoms with Crippen LogP contribution in [0.3, 0.4) is 0 Å². The van der Waals surface area contributed by atoms with Crippen molar-refractivity contribution in [3.05, 3.63) is 95.0 Å². The van der Waals surface area contributed by atoms with E-state index in [2.05, 4.69) is 29.1 Å². The number of benzene rings is 2. The SMILES string of the molecule is C=CCC(CC=C)(c1cccc(C(F)(F)F)c1)C(CC(=O)c1ccc(Br)cc1)(C(=O)O)C(=O)O. The average Bonchev–Trinajstić information content (AvgIpc) is 2.76. The molecule has 2 aromatic rings. The van der Waals surface area contributed by atoms with Crippen LogP contribution in [0.5, 0.6) is 0 Å². The molecule has 2 N–H and O–H groups in total. The molecule has 9 heteroatoms. The summed E-state index contributed by atoms with van der Waals surface area (Å²) < 4.78 is 41.1. The van der Waals surface area contributed by atoms with Crippen molar-refractivity contribution in [2.75, 3.05) is 0 Å². The standard InChI is InChI=1S/C25H22BrF3O5/c1-3-12-23(13-4-2,17-6-5-7-18(14-17)25(27,28)29)24(21(31)32,22(33)34)15-20(30)16-8-10-19(26)11-9-16/h3-11,14H,1-2,12-13,15H2,(H,31,32)(H,33,34). The third-order valence-electron chi connectivity index (χ3n) is 5.87. The number of hydrogen-bond acceptors (Lipinski definition) is 3. The number of allylic oxidation sites excluding steroid dienone is 2. The lowest BCUT2D eigenvalue weighted by Gasteiger charge is -2.45. The topological polar surface area (TPSA) is 91.7 Å². The molecule has 2 aromatic carbocycles. The van der Waals surface area contributed by atoms with Crippen LogP contribution in [0.1, 0.15) is 40.7 Å². The summed E-state index contributed by atoms with van der Waals surface area (Å²) in [5.41, 5.74) is -6.04. The highest BCUT2D eigenvalue weighted by Crippen LogP contribution is 2.52. The molecule has 0 aliphatic heterocycles. The van der Waals surface area contributed by atoms with E-state index in [4.69, 9.17) is 0 Å². The van der Waals surface area contributed by atoms with Crippen molar-refractivity contribution in [3.8, 4) is 0 Å². The Labute approximate surface area is 202 Å². The molecular formula is C25H22BrF3O5. The number of Topliss-reactive ketones (excluding diaryl/α,β-unsaturated/α-hetero) is 1. The van der Waals surface area contributed by atoms with Gasteiger partial charge in [0.05, 0.1) is 5.56 Å². The molecule has 0 bridgehead atoms. The summed E-state index contributed by atoms with van der Waals surface area (Å²) in [5.74, 6) is -4.50. The van der Waals surface area contributed by atoms with E-state index >= 15 is 0 Å². The highest BCUT2D eigenvalue weighted by Gasteiger charge is 2.63. The molecule has 34 heavy (non-hydrogen) atoms. The monoisotopic (exact) mass is 538 g/mol. The molecule has 5 nitrogen and oxygen atoms in total. The van der Waals surface area contributed by atoms with E-state index in [0.717, 1.165) is 18.2 Å². The third kappa shape index (κ3) is 4.99. The Balaban J connectivity index is 2.87. The maximum Gasteiger partial charge on any atom is 0.416 e. The van der Waals surface area contributed by atoms with Gasteiger partial charge in [0.25, 0.3) is 0 Å². The smallest absolute Gasteiger partial charge is 0.416 e. The highest BCUT2D eigenvalue weighted by molar-refractivity contribution is 9.10. The van der Waals surface area contributed by atoms with Gasteiger partial charge >= 0.3 is 18.1 Å². The second-order valence-corrected chi connectivity index (χ2v) is 8.68. The summed E-state index contributed by atoms with van der Waals surface area (Å²) >= 11 is 3.21. The number of alkyl halides is 3. The van der Waals surface area contributed by atoms with Gasteiger partial charge < -0.3 is 10.2 Å². The molecule has 0 atom stereocenters. The Morgan fingerprint density at radius 1 is 0.882 bits per heavy atom. The minimum atomic E-state index is -4.76. The molecule has 0 saturated carbocycles. The molecule has 0 aliphatic rings. The largest absolute Gasteiger partial charge is 0.480 e. The first kappa shape index (κ1) is 27.0. The first-order valence-electron chi connectivity index (χ1n) is 10.0. The van der Waals surface area contributed by atoms with Crippen LogP contribution in [0.15, 0.2) is 78.3 Å². The fourth-order valence-corrected chi connectivity index (χ4v) is 4.46. The van der Waals surface area contributed by atoms with Gasteiger partial charge in [0.15, 0.2) is 11.2 Å². The van der Waals surface area contributed by atoms with Gasteiger partial charge in [-0.15, -0.1) is 13.2 Å². The highest BCUT2D eigenvalue weighted by atomic mass is 79.9. The number of carboxylic acid groups (broad SMARTS) is 2. The van der Waals surface area contributed by atoms with E-state index in [1.165, 1.54) is 42.5 Å². The Bertz CT molecular complexity index is 1080. The molecule has 0 heterocycles. The zero-order valence-electron chi connectivity index (χ0n) is 17.9. The van der Waals surface area contributed by atoms with Crippen LogP contribution in [0, 0.1) is 5.41 Å². The number of ketones is 1. The Morgan fingerprint density at radius 2 is 1.38 bits per heavy atom. The zero-order valence-corrected chi connectivity index (χ0v) is 19.5. The Kier molecular flexibility index (Phi) is 8.26. The van der Waals surface area contributed by atoms with Crippen LogP contribution in [-0.2, 0) is 21.2 Å². The zero-order chi connectivity index (χ0) is 25.7. The van der Waals surface area contributed by atoms with Crippen LogP contribution in [-0.4, -0.2) is 27.9 Å². The van der Waals surface area contributed by atoms with Crippen LogP contribution >= 0.6 is 15.9 Å². The van der Waals surface area contributed by atoms with Crippen LogP contribution < -0.4 is 0 Å². The fourth-order valence-electron chi connectivity index (χ4n) is 4.20. The minimum Gasteiger partial charge on any atom is -0.480 e. The lowest BCUT2D eigenvalue weighted by molar-refractivity contribution is -0.171. The summed E-state index contributed by atoms with van der Waals surface area (Å²) in [5, 5.41) is 20.6. The lowest BCUT2D eigenvalue weighted by Crippen LogP contribution is -2.57. The second-order valence-electron chi connectivity index (χ2n) is 7.77. The van der Waals surface area contributed by atoms with Crippen molar-refractivity contribution in [2.24, 2.45) is 5.41 Å². The number of halogens is 4. The van der Waals surface area contributed by atoms with Crippen LogP contribution in [0.4, 0.5) is 13.2 Å². The second kappa shape index (κ2) is 10.4. The van der Waals surface area contributed by atoms with Crippen LogP contribution in [0.25, 0.3) is 0 Å². The minimum absolute atomic E-state index is 0.0604. The summed E-state index contributed by atoms with van der Waals surface area (Å²) in [6.07, 6.45) is -3.98. The first-order valence-corrected chi connectivity index (χ1v) is 10.8. The van der Waals surface area contributed by atoms with E-state index in [-0.39, 0.29) is 24.0 Å². The third-order valence-corrected chi connectivity index (χ3v) is 6.40. The fraction of sp³-hybridized carbons (Fsp3) is 0.240. The molecule has 0 unspecified atom stereocenters. The average molecular weight is 539 g/mol. The van der Waals surface area contributed by atoms with Gasteiger partial charge in [-0.05, 0) is 36.6 Å².